The number of halogens is 1. The number of aryl methyl sites for hydroxylation is 1. The number of ether oxygens (including phenoxy) is 2. The van der Waals surface area contributed by atoms with E-state index in [4.69, 9.17) is 21.1 Å². The Kier molecular flexibility index (Phi) is 8.12. The lowest BCUT2D eigenvalue weighted by Crippen LogP contribution is -2.48. The van der Waals surface area contributed by atoms with Crippen molar-refractivity contribution in [3.05, 3.63) is 63.3 Å². The van der Waals surface area contributed by atoms with Crippen molar-refractivity contribution in [2.75, 3.05) is 40.0 Å². The van der Waals surface area contributed by atoms with Crippen molar-refractivity contribution in [3.63, 3.8) is 0 Å². The lowest BCUT2D eigenvalue weighted by molar-refractivity contribution is -0.144. The minimum absolute atomic E-state index is 0.0236. The van der Waals surface area contributed by atoms with Crippen molar-refractivity contribution in [1.29, 1.82) is 0 Å². The average Bonchev–Trinajstić information content (AvgIpc) is 3.23. The molecule has 1 aromatic heterocycles. The molecule has 166 valence electrons. The standard InChI is InChI=1S/C23H27ClN2O4S/c1-4-9-25(23(28)15-29-3)13-22(27)26-10-7-21-18(8-11-31-21)20(26)14-30-17-5-6-19(24)16(2)12-17/h4-6,8,11-12,20H,1,7,9-10,13-15H2,2-3H3. The maximum Gasteiger partial charge on any atom is 0.249 e. The van der Waals surface area contributed by atoms with Crippen molar-refractivity contribution in [1.82, 2.24) is 9.80 Å². The quantitative estimate of drug-likeness (QED) is 0.531. The second-order valence-electron chi connectivity index (χ2n) is 7.37. The van der Waals surface area contributed by atoms with Gasteiger partial charge in [0.15, 0.2) is 0 Å². The fraction of sp³-hybridized carbons (Fsp3) is 0.391. The van der Waals surface area contributed by atoms with Gasteiger partial charge in [0, 0.05) is 30.1 Å². The second kappa shape index (κ2) is 10.8. The first kappa shape index (κ1) is 23.3. The van der Waals surface area contributed by atoms with Gasteiger partial charge in [-0.15, -0.1) is 17.9 Å². The molecule has 2 amide bonds. The molecule has 0 saturated carbocycles. The summed E-state index contributed by atoms with van der Waals surface area (Å²) in [6.07, 6.45) is 2.40. The molecule has 1 atom stereocenters. The highest BCUT2D eigenvalue weighted by molar-refractivity contribution is 7.10. The SMILES string of the molecule is C=CCN(CC(=O)N1CCc2sccc2C1COc1ccc(Cl)c(C)c1)C(=O)COC. The summed E-state index contributed by atoms with van der Waals surface area (Å²) in [6.45, 7) is 6.71. The normalized spacial score (nSPS) is 15.3. The van der Waals surface area contributed by atoms with Crippen LogP contribution in [0.1, 0.15) is 22.0 Å². The molecule has 0 spiro atoms. The summed E-state index contributed by atoms with van der Waals surface area (Å²) in [5.74, 6) is 0.345. The molecule has 1 aliphatic heterocycles. The predicted molar refractivity (Wildman–Crippen MR) is 123 cm³/mol. The van der Waals surface area contributed by atoms with E-state index in [9.17, 15) is 9.59 Å². The molecule has 1 aromatic carbocycles. The fourth-order valence-electron chi connectivity index (χ4n) is 3.64. The molecular formula is C23H27ClN2O4S. The molecule has 0 saturated heterocycles. The molecule has 0 bridgehead atoms. The molecule has 2 heterocycles. The number of carbonyl (C=O) groups is 2. The summed E-state index contributed by atoms with van der Waals surface area (Å²) in [5, 5.41) is 2.73. The fourth-order valence-corrected chi connectivity index (χ4v) is 4.68. The zero-order chi connectivity index (χ0) is 22.4. The maximum atomic E-state index is 13.2. The van der Waals surface area contributed by atoms with Crippen LogP contribution in [0.15, 0.2) is 42.3 Å². The van der Waals surface area contributed by atoms with Gasteiger partial charge in [-0.1, -0.05) is 17.7 Å². The summed E-state index contributed by atoms with van der Waals surface area (Å²) < 4.78 is 11.0. The highest BCUT2D eigenvalue weighted by Gasteiger charge is 2.33. The topological polar surface area (TPSA) is 59.1 Å². The van der Waals surface area contributed by atoms with Crippen molar-refractivity contribution in [2.24, 2.45) is 0 Å². The molecule has 0 radical (unpaired) electrons. The van der Waals surface area contributed by atoms with Gasteiger partial charge in [0.25, 0.3) is 0 Å². The van der Waals surface area contributed by atoms with Gasteiger partial charge in [0.05, 0.1) is 6.04 Å². The number of carbonyl (C=O) groups excluding carboxylic acids is 2. The first-order valence-corrected chi connectivity index (χ1v) is 11.3. The first-order chi connectivity index (χ1) is 14.9. The smallest absolute Gasteiger partial charge is 0.249 e. The third kappa shape index (κ3) is 5.67. The molecule has 0 N–H and O–H groups in total. The largest absolute Gasteiger partial charge is 0.491 e. The van der Waals surface area contributed by atoms with Crippen molar-refractivity contribution < 1.29 is 19.1 Å². The van der Waals surface area contributed by atoms with Crippen LogP contribution in [-0.4, -0.2) is 61.6 Å². The monoisotopic (exact) mass is 462 g/mol. The number of nitrogens with zero attached hydrogens (tertiary/aromatic N) is 2. The van der Waals surface area contributed by atoms with Crippen LogP contribution < -0.4 is 4.74 Å². The Balaban J connectivity index is 1.77. The van der Waals surface area contributed by atoms with Gasteiger partial charge in [-0.2, -0.15) is 0 Å². The van der Waals surface area contributed by atoms with Gasteiger partial charge >= 0.3 is 0 Å². The van der Waals surface area contributed by atoms with E-state index >= 15 is 0 Å². The minimum Gasteiger partial charge on any atom is -0.491 e. The van der Waals surface area contributed by atoms with Crippen LogP contribution >= 0.6 is 22.9 Å². The van der Waals surface area contributed by atoms with E-state index < -0.39 is 0 Å². The third-order valence-electron chi connectivity index (χ3n) is 5.25. The number of hydrogen-bond acceptors (Lipinski definition) is 5. The molecule has 1 aliphatic rings. The molecule has 1 unspecified atom stereocenters. The first-order valence-electron chi connectivity index (χ1n) is 10.1. The van der Waals surface area contributed by atoms with Gasteiger partial charge < -0.3 is 19.3 Å². The number of fused-ring (bicyclic) bond motifs is 1. The zero-order valence-corrected chi connectivity index (χ0v) is 19.4. The molecule has 0 fully saturated rings. The number of rotatable bonds is 9. The highest BCUT2D eigenvalue weighted by Crippen LogP contribution is 2.34. The lowest BCUT2D eigenvalue weighted by atomic mass is 10.0. The Hall–Kier alpha value is -2.35. The van der Waals surface area contributed by atoms with Crippen LogP contribution in [0.25, 0.3) is 0 Å². The van der Waals surface area contributed by atoms with Gasteiger partial charge in [-0.05, 0) is 54.1 Å². The Labute approximate surface area is 192 Å². The van der Waals surface area contributed by atoms with Crippen LogP contribution in [0.5, 0.6) is 5.75 Å². The Bertz CT molecular complexity index is 945. The molecule has 0 aliphatic carbocycles. The minimum atomic E-state index is -0.242. The summed E-state index contributed by atoms with van der Waals surface area (Å²) in [5.41, 5.74) is 2.04. The molecule has 31 heavy (non-hydrogen) atoms. The number of hydrogen-bond donors (Lipinski definition) is 0. The van der Waals surface area contributed by atoms with Crippen LogP contribution in [0, 0.1) is 6.92 Å². The molecule has 6 nitrogen and oxygen atoms in total. The van der Waals surface area contributed by atoms with Gasteiger partial charge in [-0.25, -0.2) is 0 Å². The van der Waals surface area contributed by atoms with Crippen LogP contribution in [-0.2, 0) is 20.7 Å². The maximum absolute atomic E-state index is 13.2. The second-order valence-corrected chi connectivity index (χ2v) is 8.78. The number of methoxy groups -OCH3 is 1. The van der Waals surface area contributed by atoms with Crippen molar-refractivity contribution in [3.8, 4) is 5.75 Å². The van der Waals surface area contributed by atoms with Crippen LogP contribution in [0.2, 0.25) is 5.02 Å². The third-order valence-corrected chi connectivity index (χ3v) is 6.67. The van der Waals surface area contributed by atoms with Gasteiger partial charge in [-0.3, -0.25) is 9.59 Å². The van der Waals surface area contributed by atoms with Crippen LogP contribution in [0.4, 0.5) is 0 Å². The van der Waals surface area contributed by atoms with Crippen molar-refractivity contribution >= 4 is 34.8 Å². The number of thiophene rings is 1. The summed E-state index contributed by atoms with van der Waals surface area (Å²) >= 11 is 7.81. The highest BCUT2D eigenvalue weighted by atomic mass is 35.5. The molecule has 2 aromatic rings. The number of amides is 2. The van der Waals surface area contributed by atoms with Crippen LogP contribution in [0.3, 0.4) is 0 Å². The summed E-state index contributed by atoms with van der Waals surface area (Å²) in [4.78, 5) is 30.1. The van der Waals surface area contributed by atoms with E-state index in [2.05, 4.69) is 12.6 Å². The molecule has 8 heteroatoms. The van der Waals surface area contributed by atoms with E-state index in [1.54, 1.807) is 23.5 Å². The Morgan fingerprint density at radius 2 is 2.19 bits per heavy atom. The average molecular weight is 463 g/mol. The zero-order valence-electron chi connectivity index (χ0n) is 17.8. The van der Waals surface area contributed by atoms with E-state index in [1.807, 2.05) is 29.3 Å². The van der Waals surface area contributed by atoms with Crippen molar-refractivity contribution in [2.45, 2.75) is 19.4 Å². The predicted octanol–water partition coefficient (Wildman–Crippen LogP) is 3.88. The van der Waals surface area contributed by atoms with E-state index in [0.29, 0.717) is 23.9 Å². The van der Waals surface area contributed by atoms with E-state index in [0.717, 1.165) is 17.5 Å². The molecular weight excluding hydrogens is 436 g/mol. The molecule has 3 rings (SSSR count). The van der Waals surface area contributed by atoms with Gasteiger partial charge in [0.2, 0.25) is 11.8 Å². The Morgan fingerprint density at radius 1 is 1.39 bits per heavy atom. The Morgan fingerprint density at radius 3 is 2.90 bits per heavy atom. The van der Waals surface area contributed by atoms with E-state index in [1.165, 1.54) is 16.9 Å². The lowest BCUT2D eigenvalue weighted by Gasteiger charge is -2.37. The van der Waals surface area contributed by atoms with Gasteiger partial charge in [0.1, 0.15) is 25.5 Å². The van der Waals surface area contributed by atoms with E-state index in [-0.39, 0.29) is 37.6 Å². The number of benzene rings is 1. The summed E-state index contributed by atoms with van der Waals surface area (Å²) in [6, 6.07) is 7.36. The summed E-state index contributed by atoms with van der Waals surface area (Å²) in [7, 11) is 1.46.